The van der Waals surface area contributed by atoms with Crippen LogP contribution >= 0.6 is 11.6 Å². The van der Waals surface area contributed by atoms with E-state index >= 15 is 0 Å². The molecule has 164 valence electrons. The van der Waals surface area contributed by atoms with Gasteiger partial charge in [0.05, 0.1) is 23.2 Å². The molecule has 3 aromatic rings. The number of nitro benzene ring substituents is 1. The second-order valence-electron chi connectivity index (χ2n) is 7.67. The van der Waals surface area contributed by atoms with Gasteiger partial charge in [0.2, 0.25) is 5.91 Å². The third-order valence-electron chi connectivity index (χ3n) is 5.37. The zero-order chi connectivity index (χ0) is 22.7. The molecule has 0 saturated carbocycles. The largest absolute Gasteiger partial charge is 0.489 e. The van der Waals surface area contributed by atoms with E-state index in [0.717, 1.165) is 11.3 Å². The van der Waals surface area contributed by atoms with Gasteiger partial charge in [-0.05, 0) is 36.4 Å². The zero-order valence-corrected chi connectivity index (χ0v) is 18.2. The number of nitro groups is 1. The quantitative estimate of drug-likeness (QED) is 0.395. The van der Waals surface area contributed by atoms with Gasteiger partial charge in [-0.15, -0.1) is 0 Å². The highest BCUT2D eigenvalue weighted by atomic mass is 35.5. The molecule has 1 amide bonds. The molecule has 3 aromatic carbocycles. The summed E-state index contributed by atoms with van der Waals surface area (Å²) in [7, 11) is 1.79. The Morgan fingerprint density at radius 3 is 2.62 bits per heavy atom. The Hall–Kier alpha value is -3.42. The summed E-state index contributed by atoms with van der Waals surface area (Å²) < 4.78 is 5.93. The summed E-state index contributed by atoms with van der Waals surface area (Å²) in [6, 6.07) is 21.3. The van der Waals surface area contributed by atoms with Crippen molar-refractivity contribution in [1.29, 1.82) is 0 Å². The van der Waals surface area contributed by atoms with Crippen molar-refractivity contribution in [3.05, 3.63) is 99.1 Å². The van der Waals surface area contributed by atoms with Crippen LogP contribution in [0.25, 0.3) is 0 Å². The number of likely N-dealkylation sites (N-methyl/N-ethyl adjacent to an activating group) is 1. The monoisotopic (exact) mass is 451 g/mol. The topological polar surface area (TPSA) is 75.9 Å². The summed E-state index contributed by atoms with van der Waals surface area (Å²) in [5.41, 5.74) is 2.27. The van der Waals surface area contributed by atoms with Gasteiger partial charge in [-0.1, -0.05) is 54.1 Å². The minimum absolute atomic E-state index is 0.0321. The van der Waals surface area contributed by atoms with Crippen molar-refractivity contribution in [2.45, 2.75) is 12.6 Å². The van der Waals surface area contributed by atoms with Crippen LogP contribution in [-0.2, 0) is 11.3 Å². The van der Waals surface area contributed by atoms with Crippen LogP contribution in [0.1, 0.15) is 17.2 Å². The van der Waals surface area contributed by atoms with E-state index in [1.807, 2.05) is 54.6 Å². The van der Waals surface area contributed by atoms with E-state index in [0.29, 0.717) is 29.5 Å². The summed E-state index contributed by atoms with van der Waals surface area (Å²) in [4.78, 5) is 27.7. The van der Waals surface area contributed by atoms with Crippen LogP contribution in [0.15, 0.2) is 72.8 Å². The molecule has 7 nitrogen and oxygen atoms in total. The molecule has 1 atom stereocenters. The van der Waals surface area contributed by atoms with Gasteiger partial charge in [0.25, 0.3) is 5.69 Å². The number of non-ortho nitro benzene ring substituents is 1. The molecule has 0 radical (unpaired) electrons. The van der Waals surface area contributed by atoms with E-state index in [1.54, 1.807) is 16.8 Å². The number of hydrogen-bond acceptors (Lipinski definition) is 5. The Kier molecular flexibility index (Phi) is 6.39. The maximum Gasteiger partial charge on any atom is 0.269 e. The van der Waals surface area contributed by atoms with E-state index < -0.39 is 4.92 Å². The Labute approximate surface area is 190 Å². The number of fused-ring (bicyclic) bond motifs is 1. The molecule has 8 heteroatoms. The smallest absolute Gasteiger partial charge is 0.269 e. The van der Waals surface area contributed by atoms with Gasteiger partial charge >= 0.3 is 0 Å². The summed E-state index contributed by atoms with van der Waals surface area (Å²) in [5, 5.41) is 11.5. The summed E-state index contributed by atoms with van der Waals surface area (Å²) in [6.07, 6.45) is 0. The molecule has 0 spiro atoms. The van der Waals surface area contributed by atoms with E-state index in [9.17, 15) is 14.9 Å². The normalized spacial score (nSPS) is 15.2. The van der Waals surface area contributed by atoms with E-state index in [1.165, 1.54) is 18.2 Å². The number of amides is 1. The number of anilines is 1. The number of benzene rings is 3. The van der Waals surface area contributed by atoms with Crippen molar-refractivity contribution in [2.75, 3.05) is 25.1 Å². The van der Waals surface area contributed by atoms with Gasteiger partial charge in [-0.25, -0.2) is 0 Å². The number of nitrogens with zero attached hydrogens (tertiary/aromatic N) is 3. The van der Waals surface area contributed by atoms with E-state index in [2.05, 4.69) is 0 Å². The van der Waals surface area contributed by atoms with Crippen LogP contribution in [0.3, 0.4) is 0 Å². The molecule has 0 bridgehead atoms. The number of hydrogen-bond donors (Lipinski definition) is 0. The van der Waals surface area contributed by atoms with Gasteiger partial charge < -0.3 is 4.74 Å². The number of rotatable bonds is 6. The third kappa shape index (κ3) is 4.59. The van der Waals surface area contributed by atoms with Crippen LogP contribution in [0, 0.1) is 10.1 Å². The summed E-state index contributed by atoms with van der Waals surface area (Å²) >= 11 is 6.24. The third-order valence-corrected chi connectivity index (χ3v) is 5.74. The molecule has 0 fully saturated rings. The van der Waals surface area contributed by atoms with Crippen LogP contribution < -0.4 is 9.64 Å². The zero-order valence-electron chi connectivity index (χ0n) is 17.5. The standard InChI is InChI=1S/C24H22ClN3O4/c1-26(14-18-13-19(28(30)31)11-12-20(18)25)15-24(29)27-21-9-5-6-10-23(21)32-16-22(27)17-7-3-2-4-8-17/h2-13,22H,14-16H2,1H3/t22-/m1/s1. The second-order valence-corrected chi connectivity index (χ2v) is 8.08. The minimum Gasteiger partial charge on any atom is -0.489 e. The fourth-order valence-electron chi connectivity index (χ4n) is 3.87. The van der Waals surface area contributed by atoms with Crippen molar-refractivity contribution in [3.63, 3.8) is 0 Å². The number of halogens is 1. The van der Waals surface area contributed by atoms with Gasteiger partial charge in [0.15, 0.2) is 0 Å². The number of para-hydroxylation sites is 2. The maximum absolute atomic E-state index is 13.5. The average molecular weight is 452 g/mol. The highest BCUT2D eigenvalue weighted by Crippen LogP contribution is 2.39. The van der Waals surface area contributed by atoms with Crippen molar-refractivity contribution in [3.8, 4) is 5.75 Å². The molecule has 4 rings (SSSR count). The Balaban J connectivity index is 1.57. The second kappa shape index (κ2) is 9.38. The lowest BCUT2D eigenvalue weighted by Crippen LogP contribution is -2.45. The fraction of sp³-hybridized carbons (Fsp3) is 0.208. The first-order valence-electron chi connectivity index (χ1n) is 10.1. The molecule has 0 N–H and O–H groups in total. The van der Waals surface area contributed by atoms with E-state index in [4.69, 9.17) is 16.3 Å². The van der Waals surface area contributed by atoms with Crippen molar-refractivity contribution >= 4 is 28.9 Å². The maximum atomic E-state index is 13.5. The van der Waals surface area contributed by atoms with Crippen molar-refractivity contribution < 1.29 is 14.5 Å². The van der Waals surface area contributed by atoms with Gasteiger partial charge in [-0.2, -0.15) is 0 Å². The number of carbonyl (C=O) groups is 1. The lowest BCUT2D eigenvalue weighted by Gasteiger charge is -2.38. The number of carbonyl (C=O) groups excluding carboxylic acids is 1. The van der Waals surface area contributed by atoms with Crippen molar-refractivity contribution in [2.24, 2.45) is 0 Å². The van der Waals surface area contributed by atoms with Crippen LogP contribution in [0.2, 0.25) is 5.02 Å². The Morgan fingerprint density at radius 1 is 1.16 bits per heavy atom. The predicted octanol–water partition coefficient (Wildman–Crippen LogP) is 4.85. The van der Waals surface area contributed by atoms with Gasteiger partial charge in [-0.3, -0.25) is 24.7 Å². The van der Waals surface area contributed by atoms with Crippen LogP contribution in [0.4, 0.5) is 11.4 Å². The minimum atomic E-state index is -0.458. The molecule has 0 saturated heterocycles. The summed E-state index contributed by atoms with van der Waals surface area (Å²) in [5.74, 6) is 0.566. The predicted molar refractivity (Wildman–Crippen MR) is 123 cm³/mol. The average Bonchev–Trinajstić information content (AvgIpc) is 2.80. The lowest BCUT2D eigenvalue weighted by molar-refractivity contribution is -0.384. The van der Waals surface area contributed by atoms with Crippen LogP contribution in [0.5, 0.6) is 5.75 Å². The van der Waals surface area contributed by atoms with E-state index in [-0.39, 0.29) is 24.2 Å². The molecule has 1 heterocycles. The first kappa shape index (κ1) is 21.8. The molecule has 0 unspecified atom stereocenters. The fourth-order valence-corrected chi connectivity index (χ4v) is 4.04. The first-order chi connectivity index (χ1) is 15.4. The molecule has 1 aliphatic heterocycles. The number of ether oxygens (including phenoxy) is 1. The summed E-state index contributed by atoms with van der Waals surface area (Å²) in [6.45, 7) is 0.762. The SMILES string of the molecule is CN(CC(=O)N1c2ccccc2OC[C@@H]1c1ccccc1)Cc1cc([N+](=O)[O-])ccc1Cl. The highest BCUT2D eigenvalue weighted by Gasteiger charge is 2.33. The Morgan fingerprint density at radius 2 is 1.88 bits per heavy atom. The molecular weight excluding hydrogens is 430 g/mol. The first-order valence-corrected chi connectivity index (χ1v) is 10.5. The van der Waals surface area contributed by atoms with Gasteiger partial charge in [0, 0.05) is 23.7 Å². The van der Waals surface area contributed by atoms with Gasteiger partial charge in [0.1, 0.15) is 12.4 Å². The molecule has 32 heavy (non-hydrogen) atoms. The molecule has 0 aliphatic carbocycles. The molecular formula is C24H22ClN3O4. The van der Waals surface area contributed by atoms with Crippen LogP contribution in [-0.4, -0.2) is 35.9 Å². The molecule has 1 aliphatic rings. The molecule has 0 aromatic heterocycles. The Bertz CT molecular complexity index is 1140. The highest BCUT2D eigenvalue weighted by molar-refractivity contribution is 6.31. The van der Waals surface area contributed by atoms with Crippen molar-refractivity contribution in [1.82, 2.24) is 4.90 Å². The lowest BCUT2D eigenvalue weighted by atomic mass is 10.0.